The third kappa shape index (κ3) is 3.51. The van der Waals surface area contributed by atoms with Gasteiger partial charge in [-0.1, -0.05) is 35.5 Å². The largest absolute Gasteiger partial charge is 0.338 e. The molecule has 7 heteroatoms. The minimum atomic E-state index is -0.257. The molecule has 28 heavy (non-hydrogen) atoms. The van der Waals surface area contributed by atoms with Crippen molar-refractivity contribution in [3.05, 3.63) is 59.5 Å². The third-order valence-electron chi connectivity index (χ3n) is 4.81. The van der Waals surface area contributed by atoms with Gasteiger partial charge < -0.3 is 14.7 Å². The molecule has 3 aromatic rings. The molecule has 0 fully saturated rings. The van der Waals surface area contributed by atoms with Gasteiger partial charge in [0, 0.05) is 30.4 Å². The summed E-state index contributed by atoms with van der Waals surface area (Å²) in [5.41, 5.74) is 4.50. The Morgan fingerprint density at radius 2 is 2.04 bits per heavy atom. The van der Waals surface area contributed by atoms with Crippen LogP contribution in [-0.2, 0) is 22.4 Å². The number of carbonyl (C=O) groups excluding carboxylic acids is 2. The molecule has 0 atom stereocenters. The van der Waals surface area contributed by atoms with Crippen LogP contribution in [0, 0.1) is 6.92 Å². The summed E-state index contributed by atoms with van der Waals surface area (Å²) in [5, 5.41) is 6.81. The number of anilines is 2. The van der Waals surface area contributed by atoms with Crippen LogP contribution in [0.3, 0.4) is 0 Å². The van der Waals surface area contributed by atoms with Gasteiger partial charge in [0.2, 0.25) is 23.5 Å². The van der Waals surface area contributed by atoms with Crippen LogP contribution in [-0.4, -0.2) is 28.5 Å². The van der Waals surface area contributed by atoms with Gasteiger partial charge >= 0.3 is 0 Å². The van der Waals surface area contributed by atoms with Gasteiger partial charge in [-0.25, -0.2) is 0 Å². The van der Waals surface area contributed by atoms with Crippen molar-refractivity contribution in [3.8, 4) is 11.4 Å². The topological polar surface area (TPSA) is 88.3 Å². The fraction of sp³-hybridized carbons (Fsp3) is 0.238. The Morgan fingerprint density at radius 3 is 2.82 bits per heavy atom. The van der Waals surface area contributed by atoms with E-state index in [0.29, 0.717) is 18.1 Å². The van der Waals surface area contributed by atoms with Crippen molar-refractivity contribution >= 4 is 23.2 Å². The van der Waals surface area contributed by atoms with E-state index in [-0.39, 0.29) is 24.1 Å². The van der Waals surface area contributed by atoms with E-state index in [1.807, 2.05) is 49.4 Å². The number of rotatable bonds is 4. The first-order valence-corrected chi connectivity index (χ1v) is 9.11. The highest BCUT2D eigenvalue weighted by Crippen LogP contribution is 2.31. The molecule has 1 aliphatic rings. The zero-order chi connectivity index (χ0) is 19.7. The van der Waals surface area contributed by atoms with Crippen LogP contribution in [0.4, 0.5) is 11.4 Å². The van der Waals surface area contributed by atoms with Gasteiger partial charge in [-0.2, -0.15) is 4.98 Å². The first kappa shape index (κ1) is 17.9. The van der Waals surface area contributed by atoms with E-state index in [9.17, 15) is 9.59 Å². The lowest BCUT2D eigenvalue weighted by atomic mass is 10.1. The van der Waals surface area contributed by atoms with Gasteiger partial charge in [-0.3, -0.25) is 9.59 Å². The summed E-state index contributed by atoms with van der Waals surface area (Å²) in [6, 6.07) is 13.3. The van der Waals surface area contributed by atoms with Gasteiger partial charge in [0.25, 0.3) is 0 Å². The second-order valence-corrected chi connectivity index (χ2v) is 6.82. The molecule has 0 unspecified atom stereocenters. The van der Waals surface area contributed by atoms with E-state index >= 15 is 0 Å². The lowest BCUT2D eigenvalue weighted by molar-refractivity contribution is -0.117. The Labute approximate surface area is 162 Å². The predicted molar refractivity (Wildman–Crippen MR) is 105 cm³/mol. The van der Waals surface area contributed by atoms with E-state index in [1.54, 1.807) is 11.8 Å². The summed E-state index contributed by atoms with van der Waals surface area (Å²) in [4.78, 5) is 30.2. The van der Waals surface area contributed by atoms with Gasteiger partial charge in [0.15, 0.2) is 0 Å². The van der Waals surface area contributed by atoms with E-state index in [1.165, 1.54) is 0 Å². The lowest BCUT2D eigenvalue weighted by Crippen LogP contribution is -2.25. The van der Waals surface area contributed by atoms with E-state index in [0.717, 1.165) is 28.8 Å². The molecule has 2 aromatic carbocycles. The minimum absolute atomic E-state index is 0.00294. The summed E-state index contributed by atoms with van der Waals surface area (Å²) < 4.78 is 5.23. The van der Waals surface area contributed by atoms with Crippen LogP contribution in [0.1, 0.15) is 23.9 Å². The first-order chi connectivity index (χ1) is 13.5. The molecule has 1 aliphatic heterocycles. The fourth-order valence-electron chi connectivity index (χ4n) is 3.39. The van der Waals surface area contributed by atoms with Crippen LogP contribution < -0.4 is 10.2 Å². The Hall–Kier alpha value is -3.48. The molecular formula is C21H20N4O3. The third-order valence-corrected chi connectivity index (χ3v) is 4.81. The second kappa shape index (κ2) is 7.26. The SMILES string of the molecule is CC(=O)N1CCc2ccc(NC(=O)Cc3nc(-c4ccccc4C)no3)cc21. The molecule has 0 bridgehead atoms. The molecule has 0 radical (unpaired) electrons. The quantitative estimate of drug-likeness (QED) is 0.756. The van der Waals surface area contributed by atoms with Crippen LogP contribution in [0.15, 0.2) is 47.0 Å². The average Bonchev–Trinajstić information content (AvgIpc) is 3.28. The number of fused-ring (bicyclic) bond motifs is 1. The van der Waals surface area contributed by atoms with E-state index in [2.05, 4.69) is 15.5 Å². The highest BCUT2D eigenvalue weighted by molar-refractivity contribution is 5.96. The minimum Gasteiger partial charge on any atom is -0.338 e. The molecule has 0 aliphatic carbocycles. The summed E-state index contributed by atoms with van der Waals surface area (Å²) in [7, 11) is 0. The average molecular weight is 376 g/mol. The van der Waals surface area contributed by atoms with Gasteiger partial charge in [-0.05, 0) is 36.6 Å². The number of benzene rings is 2. The zero-order valence-corrected chi connectivity index (χ0v) is 15.7. The number of aryl methyl sites for hydroxylation is 1. The number of hydrogen-bond acceptors (Lipinski definition) is 5. The van der Waals surface area contributed by atoms with Crippen LogP contribution in [0.25, 0.3) is 11.4 Å². The van der Waals surface area contributed by atoms with Crippen molar-refractivity contribution in [2.45, 2.75) is 26.7 Å². The predicted octanol–water partition coefficient (Wildman–Crippen LogP) is 3.14. The fourth-order valence-corrected chi connectivity index (χ4v) is 3.39. The summed E-state index contributed by atoms with van der Waals surface area (Å²) in [5.74, 6) is 0.460. The second-order valence-electron chi connectivity index (χ2n) is 6.82. The highest BCUT2D eigenvalue weighted by atomic mass is 16.5. The molecule has 2 heterocycles. The number of nitrogens with zero attached hydrogens (tertiary/aromatic N) is 3. The number of amides is 2. The summed E-state index contributed by atoms with van der Waals surface area (Å²) in [6.07, 6.45) is 0.805. The van der Waals surface area contributed by atoms with Crippen molar-refractivity contribution in [1.29, 1.82) is 0 Å². The van der Waals surface area contributed by atoms with E-state index < -0.39 is 0 Å². The van der Waals surface area contributed by atoms with Crippen molar-refractivity contribution in [3.63, 3.8) is 0 Å². The van der Waals surface area contributed by atoms with Crippen molar-refractivity contribution in [2.24, 2.45) is 0 Å². The molecule has 7 nitrogen and oxygen atoms in total. The van der Waals surface area contributed by atoms with Crippen molar-refractivity contribution in [2.75, 3.05) is 16.8 Å². The monoisotopic (exact) mass is 376 g/mol. The van der Waals surface area contributed by atoms with Crippen LogP contribution in [0.2, 0.25) is 0 Å². The molecule has 1 aromatic heterocycles. The van der Waals surface area contributed by atoms with Crippen molar-refractivity contribution < 1.29 is 14.1 Å². The molecule has 0 spiro atoms. The normalized spacial score (nSPS) is 12.7. The number of aromatic nitrogens is 2. The first-order valence-electron chi connectivity index (χ1n) is 9.11. The number of hydrogen-bond donors (Lipinski definition) is 1. The lowest BCUT2D eigenvalue weighted by Gasteiger charge is -2.15. The van der Waals surface area contributed by atoms with Crippen LogP contribution in [0.5, 0.6) is 0 Å². The molecule has 1 N–H and O–H groups in total. The van der Waals surface area contributed by atoms with Gasteiger partial charge in [0.1, 0.15) is 6.42 Å². The Kier molecular flexibility index (Phi) is 4.65. The maximum absolute atomic E-state index is 12.4. The highest BCUT2D eigenvalue weighted by Gasteiger charge is 2.22. The number of carbonyl (C=O) groups is 2. The molecule has 2 amide bonds. The molecule has 4 rings (SSSR count). The Morgan fingerprint density at radius 1 is 1.21 bits per heavy atom. The number of nitrogens with one attached hydrogen (secondary N) is 1. The smallest absolute Gasteiger partial charge is 0.236 e. The Balaban J connectivity index is 1.45. The van der Waals surface area contributed by atoms with Gasteiger partial charge in [-0.15, -0.1) is 0 Å². The Bertz CT molecular complexity index is 1060. The molecular weight excluding hydrogens is 356 g/mol. The van der Waals surface area contributed by atoms with Gasteiger partial charge in [0.05, 0.1) is 0 Å². The summed E-state index contributed by atoms with van der Waals surface area (Å²) in [6.45, 7) is 4.18. The van der Waals surface area contributed by atoms with Crippen LogP contribution >= 0.6 is 0 Å². The van der Waals surface area contributed by atoms with Crippen molar-refractivity contribution in [1.82, 2.24) is 10.1 Å². The maximum atomic E-state index is 12.4. The molecule has 0 saturated heterocycles. The maximum Gasteiger partial charge on any atom is 0.236 e. The van der Waals surface area contributed by atoms with E-state index in [4.69, 9.17) is 4.52 Å². The molecule has 142 valence electrons. The summed E-state index contributed by atoms with van der Waals surface area (Å²) >= 11 is 0. The zero-order valence-electron chi connectivity index (χ0n) is 15.7. The molecule has 0 saturated carbocycles. The standard InChI is InChI=1S/C21H20N4O3/c1-13-5-3-4-6-17(13)21-23-20(28-24-21)12-19(27)22-16-8-7-15-9-10-25(14(2)26)18(15)11-16/h3-8,11H,9-10,12H2,1-2H3,(H,22,27).